The molecule has 0 amide bonds. The van der Waals surface area contributed by atoms with E-state index in [0.29, 0.717) is 0 Å². The van der Waals surface area contributed by atoms with Gasteiger partial charge in [0.2, 0.25) is 0 Å². The molecular formula is C17H26ClN. The van der Waals surface area contributed by atoms with E-state index in [2.05, 4.69) is 37.8 Å². The zero-order chi connectivity index (χ0) is 13.8. The maximum Gasteiger partial charge on any atom is 0.0241 e. The van der Waals surface area contributed by atoms with Crippen LogP contribution in [-0.2, 0) is 6.54 Å². The SMILES string of the molecule is Cc1cc(C)c(CN(CCCCl)C2CCC2)c(C)c1. The van der Waals surface area contributed by atoms with Crippen molar-refractivity contribution in [2.24, 2.45) is 0 Å². The number of benzene rings is 1. The predicted molar refractivity (Wildman–Crippen MR) is 84.0 cm³/mol. The van der Waals surface area contributed by atoms with Gasteiger partial charge in [-0.3, -0.25) is 4.90 Å². The van der Waals surface area contributed by atoms with Crippen molar-refractivity contribution >= 4 is 11.6 Å². The Bertz CT molecular complexity index is 400. The fraction of sp³-hybridized carbons (Fsp3) is 0.647. The summed E-state index contributed by atoms with van der Waals surface area (Å²) in [5, 5.41) is 0. The standard InChI is InChI=1S/C17H26ClN/c1-13-10-14(2)17(15(3)11-13)12-19(9-5-8-18)16-6-4-7-16/h10-11,16H,4-9,12H2,1-3H3. The molecule has 0 aliphatic heterocycles. The van der Waals surface area contributed by atoms with E-state index in [1.807, 2.05) is 0 Å². The maximum atomic E-state index is 5.87. The number of nitrogens with zero attached hydrogens (tertiary/aromatic N) is 1. The minimum absolute atomic E-state index is 0.773. The molecule has 1 saturated carbocycles. The van der Waals surface area contributed by atoms with Crippen LogP contribution in [0, 0.1) is 20.8 Å². The first-order chi connectivity index (χ1) is 9.11. The Hall–Kier alpha value is -0.530. The molecule has 2 heteroatoms. The minimum Gasteiger partial charge on any atom is -0.296 e. The van der Waals surface area contributed by atoms with E-state index >= 15 is 0 Å². The van der Waals surface area contributed by atoms with E-state index in [0.717, 1.165) is 31.4 Å². The fourth-order valence-electron chi connectivity index (χ4n) is 3.07. The molecule has 0 saturated heterocycles. The number of hydrogen-bond acceptors (Lipinski definition) is 1. The largest absolute Gasteiger partial charge is 0.296 e. The highest BCUT2D eigenvalue weighted by molar-refractivity contribution is 6.17. The van der Waals surface area contributed by atoms with Gasteiger partial charge in [-0.2, -0.15) is 0 Å². The van der Waals surface area contributed by atoms with Crippen LogP contribution in [0.25, 0.3) is 0 Å². The molecule has 1 aromatic rings. The van der Waals surface area contributed by atoms with Crippen molar-refractivity contribution in [3.05, 3.63) is 34.4 Å². The van der Waals surface area contributed by atoms with Crippen LogP contribution in [-0.4, -0.2) is 23.4 Å². The first-order valence-electron chi connectivity index (χ1n) is 7.48. The molecule has 1 aliphatic carbocycles. The van der Waals surface area contributed by atoms with Crippen molar-refractivity contribution in [1.29, 1.82) is 0 Å². The Morgan fingerprint density at radius 2 is 1.79 bits per heavy atom. The van der Waals surface area contributed by atoms with Gasteiger partial charge in [0.05, 0.1) is 0 Å². The molecule has 1 fully saturated rings. The van der Waals surface area contributed by atoms with Gasteiger partial charge in [0.15, 0.2) is 0 Å². The Kier molecular flexibility index (Phi) is 5.29. The molecule has 2 rings (SSSR count). The molecule has 1 aliphatic rings. The van der Waals surface area contributed by atoms with Crippen LogP contribution in [0.15, 0.2) is 12.1 Å². The van der Waals surface area contributed by atoms with Gasteiger partial charge in [-0.05, 0) is 63.3 Å². The summed E-state index contributed by atoms with van der Waals surface area (Å²) < 4.78 is 0. The second-order valence-corrected chi connectivity index (χ2v) is 6.35. The summed E-state index contributed by atoms with van der Waals surface area (Å²) in [6.07, 6.45) is 5.23. The normalized spacial score (nSPS) is 15.8. The molecule has 0 spiro atoms. The van der Waals surface area contributed by atoms with E-state index < -0.39 is 0 Å². The number of alkyl halides is 1. The Morgan fingerprint density at radius 3 is 2.26 bits per heavy atom. The van der Waals surface area contributed by atoms with Crippen molar-refractivity contribution < 1.29 is 0 Å². The number of hydrogen-bond donors (Lipinski definition) is 0. The lowest BCUT2D eigenvalue weighted by Crippen LogP contribution is -2.40. The Labute approximate surface area is 123 Å². The highest BCUT2D eigenvalue weighted by Crippen LogP contribution is 2.28. The zero-order valence-electron chi connectivity index (χ0n) is 12.5. The third-order valence-electron chi connectivity index (χ3n) is 4.37. The zero-order valence-corrected chi connectivity index (χ0v) is 13.3. The second kappa shape index (κ2) is 6.76. The van der Waals surface area contributed by atoms with E-state index in [1.165, 1.54) is 41.5 Å². The van der Waals surface area contributed by atoms with E-state index in [1.54, 1.807) is 0 Å². The Balaban J connectivity index is 2.11. The lowest BCUT2D eigenvalue weighted by atomic mass is 9.90. The van der Waals surface area contributed by atoms with Crippen LogP contribution in [0.4, 0.5) is 0 Å². The van der Waals surface area contributed by atoms with Crippen LogP contribution < -0.4 is 0 Å². The van der Waals surface area contributed by atoms with Crippen LogP contribution in [0.2, 0.25) is 0 Å². The molecule has 106 valence electrons. The summed E-state index contributed by atoms with van der Waals surface area (Å²) in [5.41, 5.74) is 5.77. The lowest BCUT2D eigenvalue weighted by Gasteiger charge is -2.38. The molecule has 0 heterocycles. The summed E-state index contributed by atoms with van der Waals surface area (Å²) in [6.45, 7) is 8.91. The smallest absolute Gasteiger partial charge is 0.0241 e. The molecule has 0 atom stereocenters. The number of aryl methyl sites for hydroxylation is 3. The van der Waals surface area contributed by atoms with Crippen molar-refractivity contribution in [3.63, 3.8) is 0 Å². The molecule has 0 bridgehead atoms. The van der Waals surface area contributed by atoms with Gasteiger partial charge in [-0.1, -0.05) is 24.1 Å². The molecule has 0 aromatic heterocycles. The van der Waals surface area contributed by atoms with Gasteiger partial charge in [0, 0.05) is 18.5 Å². The molecular weight excluding hydrogens is 254 g/mol. The molecule has 0 radical (unpaired) electrons. The summed E-state index contributed by atoms with van der Waals surface area (Å²) in [4.78, 5) is 2.65. The minimum atomic E-state index is 0.773. The van der Waals surface area contributed by atoms with Gasteiger partial charge >= 0.3 is 0 Å². The highest BCUT2D eigenvalue weighted by Gasteiger charge is 2.25. The van der Waals surface area contributed by atoms with Gasteiger partial charge in [0.1, 0.15) is 0 Å². The topological polar surface area (TPSA) is 3.24 Å². The van der Waals surface area contributed by atoms with Gasteiger partial charge in [0.25, 0.3) is 0 Å². The van der Waals surface area contributed by atoms with Crippen LogP contribution >= 0.6 is 11.6 Å². The maximum absolute atomic E-state index is 5.87. The number of halogens is 1. The van der Waals surface area contributed by atoms with Crippen molar-refractivity contribution in [1.82, 2.24) is 4.90 Å². The van der Waals surface area contributed by atoms with Crippen molar-refractivity contribution in [2.75, 3.05) is 12.4 Å². The third-order valence-corrected chi connectivity index (χ3v) is 4.64. The second-order valence-electron chi connectivity index (χ2n) is 5.98. The summed E-state index contributed by atoms with van der Waals surface area (Å²) in [6, 6.07) is 5.41. The van der Waals surface area contributed by atoms with E-state index in [4.69, 9.17) is 11.6 Å². The van der Waals surface area contributed by atoms with E-state index in [-0.39, 0.29) is 0 Å². The van der Waals surface area contributed by atoms with Crippen LogP contribution in [0.3, 0.4) is 0 Å². The molecule has 0 unspecified atom stereocenters. The highest BCUT2D eigenvalue weighted by atomic mass is 35.5. The molecule has 19 heavy (non-hydrogen) atoms. The average molecular weight is 280 g/mol. The molecule has 0 N–H and O–H groups in total. The van der Waals surface area contributed by atoms with E-state index in [9.17, 15) is 0 Å². The van der Waals surface area contributed by atoms with Gasteiger partial charge in [-0.25, -0.2) is 0 Å². The summed E-state index contributed by atoms with van der Waals surface area (Å²) in [5.74, 6) is 0.773. The summed E-state index contributed by atoms with van der Waals surface area (Å²) in [7, 11) is 0. The first-order valence-corrected chi connectivity index (χ1v) is 8.02. The first kappa shape index (κ1) is 14.9. The van der Waals surface area contributed by atoms with Gasteiger partial charge < -0.3 is 0 Å². The third kappa shape index (κ3) is 3.73. The molecule has 1 aromatic carbocycles. The van der Waals surface area contributed by atoms with Crippen LogP contribution in [0.1, 0.15) is 47.9 Å². The average Bonchev–Trinajstić information content (AvgIpc) is 2.27. The Morgan fingerprint density at radius 1 is 1.16 bits per heavy atom. The van der Waals surface area contributed by atoms with Gasteiger partial charge in [-0.15, -0.1) is 11.6 Å². The fourth-order valence-corrected chi connectivity index (χ4v) is 3.19. The van der Waals surface area contributed by atoms with Crippen molar-refractivity contribution in [3.8, 4) is 0 Å². The predicted octanol–water partition coefficient (Wildman–Crippen LogP) is 4.60. The lowest BCUT2D eigenvalue weighted by molar-refractivity contribution is 0.119. The van der Waals surface area contributed by atoms with Crippen LogP contribution in [0.5, 0.6) is 0 Å². The number of rotatable bonds is 6. The van der Waals surface area contributed by atoms with Crippen molar-refractivity contribution in [2.45, 2.75) is 59.0 Å². The monoisotopic (exact) mass is 279 g/mol. The summed E-state index contributed by atoms with van der Waals surface area (Å²) >= 11 is 5.87. The quantitative estimate of drug-likeness (QED) is 0.688. The molecule has 1 nitrogen and oxygen atoms in total.